The Morgan fingerprint density at radius 1 is 1.53 bits per heavy atom. The molecule has 1 saturated heterocycles. The lowest BCUT2D eigenvalue weighted by Crippen LogP contribution is -2.52. The van der Waals surface area contributed by atoms with Gasteiger partial charge in [0.2, 0.25) is 0 Å². The predicted molar refractivity (Wildman–Crippen MR) is 80.3 cm³/mol. The molecule has 0 amide bonds. The number of thiocarbonyl (C=S) groups is 1. The molecule has 0 bridgehead atoms. The summed E-state index contributed by atoms with van der Waals surface area (Å²) >= 11 is 5.01. The zero-order valence-corrected chi connectivity index (χ0v) is 12.2. The minimum atomic E-state index is 0.339. The van der Waals surface area contributed by atoms with E-state index in [2.05, 4.69) is 39.4 Å². The van der Waals surface area contributed by atoms with Gasteiger partial charge in [0.15, 0.2) is 5.82 Å². The number of piperazine rings is 1. The monoisotopic (exact) mass is 280 g/mol. The van der Waals surface area contributed by atoms with Crippen molar-refractivity contribution in [2.45, 2.75) is 6.04 Å². The Bertz CT molecular complexity index is 452. The van der Waals surface area contributed by atoms with Crippen molar-refractivity contribution in [3.05, 3.63) is 17.8 Å². The second-order valence-corrected chi connectivity index (χ2v) is 5.38. The third kappa shape index (κ3) is 3.59. The van der Waals surface area contributed by atoms with Gasteiger partial charge < -0.3 is 16.0 Å². The molecular formula is C12H20N6S. The fraction of sp³-hybridized carbons (Fsp3) is 0.583. The van der Waals surface area contributed by atoms with Crippen molar-refractivity contribution in [3.63, 3.8) is 0 Å². The third-order valence-electron chi connectivity index (χ3n) is 3.47. The van der Waals surface area contributed by atoms with Crippen LogP contribution in [0.2, 0.25) is 0 Å². The topological polar surface area (TPSA) is 70.3 Å². The second-order valence-electron chi connectivity index (χ2n) is 4.94. The predicted octanol–water partition coefficient (Wildman–Crippen LogP) is -0.231. The van der Waals surface area contributed by atoms with Gasteiger partial charge in [0, 0.05) is 32.2 Å². The number of nitrogens with two attached hydrogens (primary N) is 1. The zero-order chi connectivity index (χ0) is 13.8. The second kappa shape index (κ2) is 6.23. The molecule has 1 aliphatic rings. The molecule has 0 spiro atoms. The van der Waals surface area contributed by atoms with Gasteiger partial charge in [0.25, 0.3) is 0 Å². The van der Waals surface area contributed by atoms with Gasteiger partial charge >= 0.3 is 0 Å². The van der Waals surface area contributed by atoms with Crippen molar-refractivity contribution in [2.75, 3.05) is 45.6 Å². The average Bonchev–Trinajstić information content (AvgIpc) is 2.40. The number of rotatable bonds is 4. The molecule has 19 heavy (non-hydrogen) atoms. The van der Waals surface area contributed by atoms with Crippen molar-refractivity contribution < 1.29 is 0 Å². The number of nitrogens with one attached hydrogen (secondary N) is 1. The van der Waals surface area contributed by atoms with Crippen LogP contribution >= 0.6 is 12.2 Å². The van der Waals surface area contributed by atoms with Crippen LogP contribution in [0.5, 0.6) is 0 Å². The van der Waals surface area contributed by atoms with Crippen LogP contribution in [-0.2, 0) is 0 Å². The molecule has 6 nitrogen and oxygen atoms in total. The van der Waals surface area contributed by atoms with Gasteiger partial charge in [-0.15, -0.1) is 5.10 Å². The molecular weight excluding hydrogens is 260 g/mol. The Balaban J connectivity index is 2.00. The first kappa shape index (κ1) is 14.1. The first-order valence-electron chi connectivity index (χ1n) is 6.32. The van der Waals surface area contributed by atoms with E-state index in [9.17, 15) is 0 Å². The van der Waals surface area contributed by atoms with Gasteiger partial charge in [-0.05, 0) is 20.2 Å². The lowest BCUT2D eigenvalue weighted by molar-refractivity contribution is 0.122. The lowest BCUT2D eigenvalue weighted by Gasteiger charge is -2.37. The largest absolute Gasteiger partial charge is 0.389 e. The van der Waals surface area contributed by atoms with E-state index >= 15 is 0 Å². The van der Waals surface area contributed by atoms with Gasteiger partial charge in [0.05, 0.1) is 11.8 Å². The highest BCUT2D eigenvalue weighted by molar-refractivity contribution is 7.80. The molecule has 1 aromatic heterocycles. The Labute approximate surface area is 119 Å². The highest BCUT2D eigenvalue weighted by Crippen LogP contribution is 2.12. The van der Waals surface area contributed by atoms with E-state index in [1.165, 1.54) is 0 Å². The van der Waals surface area contributed by atoms with E-state index < -0.39 is 0 Å². The summed E-state index contributed by atoms with van der Waals surface area (Å²) in [5.41, 5.74) is 6.42. The van der Waals surface area contributed by atoms with Crippen molar-refractivity contribution in [1.29, 1.82) is 0 Å². The first-order chi connectivity index (χ1) is 9.08. The number of likely N-dealkylation sites (N-methyl/N-ethyl adjacent to an activating group) is 2. The highest BCUT2D eigenvalue weighted by atomic mass is 32.1. The summed E-state index contributed by atoms with van der Waals surface area (Å²) in [6.07, 6.45) is 1.60. The van der Waals surface area contributed by atoms with Crippen molar-refractivity contribution in [2.24, 2.45) is 5.73 Å². The molecule has 2 rings (SSSR count). The molecule has 7 heteroatoms. The number of hydrogen-bond donors (Lipinski definition) is 2. The van der Waals surface area contributed by atoms with E-state index in [-0.39, 0.29) is 0 Å². The zero-order valence-electron chi connectivity index (χ0n) is 11.3. The van der Waals surface area contributed by atoms with E-state index in [0.29, 0.717) is 16.8 Å². The fourth-order valence-corrected chi connectivity index (χ4v) is 2.36. The minimum absolute atomic E-state index is 0.339. The molecule has 1 fully saturated rings. The minimum Gasteiger partial charge on any atom is -0.389 e. The molecule has 0 aromatic carbocycles. The maximum Gasteiger partial charge on any atom is 0.158 e. The summed E-state index contributed by atoms with van der Waals surface area (Å²) in [6, 6.07) is 2.23. The maximum atomic E-state index is 5.68. The Morgan fingerprint density at radius 2 is 2.32 bits per heavy atom. The van der Waals surface area contributed by atoms with E-state index in [1.54, 1.807) is 12.3 Å². The van der Waals surface area contributed by atoms with E-state index in [0.717, 1.165) is 31.7 Å². The van der Waals surface area contributed by atoms with Gasteiger partial charge in [-0.3, -0.25) is 4.90 Å². The molecule has 104 valence electrons. The van der Waals surface area contributed by atoms with Crippen molar-refractivity contribution in [3.8, 4) is 0 Å². The van der Waals surface area contributed by atoms with Gasteiger partial charge in [0.1, 0.15) is 4.99 Å². The van der Waals surface area contributed by atoms with Crippen LogP contribution in [0, 0.1) is 0 Å². The molecule has 1 atom stereocenters. The van der Waals surface area contributed by atoms with Crippen LogP contribution in [0.1, 0.15) is 5.56 Å². The molecule has 0 aliphatic carbocycles. The summed E-state index contributed by atoms with van der Waals surface area (Å²) in [4.78, 5) is 5.02. The molecule has 3 N–H and O–H groups in total. The quantitative estimate of drug-likeness (QED) is 0.738. The summed E-state index contributed by atoms with van der Waals surface area (Å²) in [6.45, 7) is 4.02. The highest BCUT2D eigenvalue weighted by Gasteiger charge is 2.22. The summed E-state index contributed by atoms with van der Waals surface area (Å²) in [5, 5.41) is 11.2. The number of nitrogens with zero attached hydrogens (tertiary/aromatic N) is 4. The van der Waals surface area contributed by atoms with Crippen molar-refractivity contribution in [1.82, 2.24) is 20.0 Å². The molecule has 0 saturated carbocycles. The van der Waals surface area contributed by atoms with Gasteiger partial charge in [-0.1, -0.05) is 12.2 Å². The van der Waals surface area contributed by atoms with E-state index in [1.807, 2.05) is 0 Å². The summed E-state index contributed by atoms with van der Waals surface area (Å²) in [5.74, 6) is 0.664. The fourth-order valence-electron chi connectivity index (χ4n) is 2.20. The molecule has 1 aliphatic heterocycles. The van der Waals surface area contributed by atoms with Crippen LogP contribution in [0.4, 0.5) is 5.82 Å². The molecule has 1 aromatic rings. The third-order valence-corrected chi connectivity index (χ3v) is 3.69. The van der Waals surface area contributed by atoms with Crippen LogP contribution in [0.15, 0.2) is 12.3 Å². The number of aromatic nitrogens is 2. The van der Waals surface area contributed by atoms with Crippen LogP contribution in [-0.4, -0.2) is 71.3 Å². The maximum absolute atomic E-state index is 5.68. The normalized spacial score (nSPS) is 21.3. The molecule has 1 unspecified atom stereocenters. The van der Waals surface area contributed by atoms with Crippen molar-refractivity contribution >= 4 is 23.0 Å². The van der Waals surface area contributed by atoms with E-state index in [4.69, 9.17) is 18.0 Å². The summed E-state index contributed by atoms with van der Waals surface area (Å²) in [7, 11) is 4.28. The number of anilines is 1. The smallest absolute Gasteiger partial charge is 0.158 e. The molecule has 2 heterocycles. The Hall–Kier alpha value is -1.31. The van der Waals surface area contributed by atoms with Gasteiger partial charge in [-0.2, -0.15) is 5.10 Å². The van der Waals surface area contributed by atoms with Gasteiger partial charge in [-0.25, -0.2) is 0 Å². The standard InChI is InChI=1S/C12H20N6S/c1-17-5-6-18(2)9(8-17)7-14-12-10(11(13)19)3-4-15-16-12/h3-4,9H,5-8H2,1-2H3,(H2,13,19)(H,14,16). The SMILES string of the molecule is CN1CCN(C)C(CNc2nnccc2C(N)=S)C1. The van der Waals surface area contributed by atoms with Crippen LogP contribution in [0.3, 0.4) is 0 Å². The Kier molecular flexibility index (Phi) is 4.62. The molecule has 0 radical (unpaired) electrons. The lowest BCUT2D eigenvalue weighted by atomic mass is 10.2. The number of hydrogen-bond acceptors (Lipinski definition) is 6. The van der Waals surface area contributed by atoms with Crippen LogP contribution in [0.25, 0.3) is 0 Å². The average molecular weight is 280 g/mol. The summed E-state index contributed by atoms with van der Waals surface area (Å²) < 4.78 is 0. The first-order valence-corrected chi connectivity index (χ1v) is 6.73. The van der Waals surface area contributed by atoms with Crippen LogP contribution < -0.4 is 11.1 Å². The Morgan fingerprint density at radius 3 is 3.05 bits per heavy atom.